The number of hydrogen-bond donors (Lipinski definition) is 1. The van der Waals surface area contributed by atoms with Gasteiger partial charge in [0.15, 0.2) is 0 Å². The molecule has 3 heterocycles. The summed E-state index contributed by atoms with van der Waals surface area (Å²) >= 11 is 0. The van der Waals surface area contributed by atoms with Crippen LogP contribution in [0.2, 0.25) is 0 Å². The minimum atomic E-state index is -3.82. The molecule has 0 aromatic heterocycles. The number of aryl methyl sites for hydroxylation is 6. The van der Waals surface area contributed by atoms with Crippen molar-refractivity contribution in [1.82, 2.24) is 14.7 Å². The first-order valence-electron chi connectivity index (χ1n) is 31.4. The van der Waals surface area contributed by atoms with Crippen molar-refractivity contribution in [2.45, 2.75) is 251 Å². The molecule has 0 atom stereocenters. The summed E-state index contributed by atoms with van der Waals surface area (Å²) in [5, 5.41) is 0. The molecule has 77 heavy (non-hydrogen) atoms. The van der Waals surface area contributed by atoms with Crippen LogP contribution in [0.1, 0.15) is 228 Å². The molecule has 3 fully saturated rings. The number of carbonyl (C=O) groups excluding carboxylic acids is 3. The van der Waals surface area contributed by atoms with E-state index in [1.54, 1.807) is 14.7 Å². The SMILES string of the molecule is CCCCc1ccc(CCCCCCCCC(=O)N2CC(O[P+](O)(OC3CN(C(=O)CCCCCCCCc4ccc(CCCC)cc4)C3)OC3CN(C(=O)CCCCCCCCc4ccc(CCCC)cc4)C3)C2)cc1. The number of likely N-dealkylation sites (tertiary alicyclic amines) is 3. The van der Waals surface area contributed by atoms with E-state index in [1.807, 2.05) is 0 Å². The van der Waals surface area contributed by atoms with Gasteiger partial charge < -0.3 is 14.7 Å². The van der Waals surface area contributed by atoms with E-state index in [4.69, 9.17) is 13.6 Å². The van der Waals surface area contributed by atoms with Crippen LogP contribution in [-0.2, 0) is 66.5 Å². The zero-order valence-electron chi connectivity index (χ0n) is 48.4. The van der Waals surface area contributed by atoms with E-state index in [0.717, 1.165) is 77.0 Å². The third-order valence-electron chi connectivity index (χ3n) is 16.3. The Hall–Kier alpha value is -3.66. The highest BCUT2D eigenvalue weighted by molar-refractivity contribution is 7.55. The predicted octanol–water partition coefficient (Wildman–Crippen LogP) is 15.3. The molecule has 3 aliphatic rings. The molecule has 3 amide bonds. The van der Waals surface area contributed by atoms with Crippen LogP contribution in [0.3, 0.4) is 0 Å². The minimum absolute atomic E-state index is 0.121. The van der Waals surface area contributed by atoms with Gasteiger partial charge in [0, 0.05) is 19.3 Å². The van der Waals surface area contributed by atoms with Gasteiger partial charge in [-0.1, -0.05) is 190 Å². The van der Waals surface area contributed by atoms with Gasteiger partial charge in [-0.2, -0.15) is 4.89 Å². The number of benzene rings is 3. The highest BCUT2D eigenvalue weighted by Crippen LogP contribution is 2.62. The Bertz CT molecular complexity index is 1850. The average Bonchev–Trinajstić information content (AvgIpc) is 3.40. The summed E-state index contributed by atoms with van der Waals surface area (Å²) in [6, 6.07) is 27.5. The zero-order valence-corrected chi connectivity index (χ0v) is 49.3. The molecule has 3 aliphatic heterocycles. The van der Waals surface area contributed by atoms with Gasteiger partial charge in [0.05, 0.1) is 39.3 Å². The van der Waals surface area contributed by atoms with Crippen LogP contribution in [0.25, 0.3) is 0 Å². The molecule has 0 unspecified atom stereocenters. The van der Waals surface area contributed by atoms with Gasteiger partial charge in [0.1, 0.15) is 18.3 Å². The summed E-state index contributed by atoms with van der Waals surface area (Å²) in [6.07, 6.45) is 34.7. The van der Waals surface area contributed by atoms with Gasteiger partial charge >= 0.3 is 8.17 Å². The quantitative estimate of drug-likeness (QED) is 0.0445. The van der Waals surface area contributed by atoms with Crippen LogP contribution >= 0.6 is 8.17 Å². The van der Waals surface area contributed by atoms with Crippen molar-refractivity contribution < 1.29 is 32.8 Å². The van der Waals surface area contributed by atoms with Crippen LogP contribution < -0.4 is 0 Å². The summed E-state index contributed by atoms with van der Waals surface area (Å²) < 4.78 is 18.7. The number of amides is 3. The van der Waals surface area contributed by atoms with Crippen molar-refractivity contribution in [2.24, 2.45) is 0 Å². The maximum atomic E-state index is 13.1. The first kappa shape index (κ1) is 62.5. The Balaban J connectivity index is 0.840. The lowest BCUT2D eigenvalue weighted by atomic mass is 10.0. The molecule has 1 N–H and O–H groups in total. The van der Waals surface area contributed by atoms with Crippen molar-refractivity contribution in [2.75, 3.05) is 39.3 Å². The highest BCUT2D eigenvalue weighted by atomic mass is 31.2. The van der Waals surface area contributed by atoms with Crippen LogP contribution in [0.4, 0.5) is 0 Å². The second-order valence-corrected chi connectivity index (χ2v) is 24.7. The molecule has 3 saturated heterocycles. The fourth-order valence-corrected chi connectivity index (χ4v) is 12.6. The Morgan fingerprint density at radius 3 is 0.766 bits per heavy atom. The van der Waals surface area contributed by atoms with Crippen LogP contribution in [-0.4, -0.2) is 94.9 Å². The number of unbranched alkanes of at least 4 members (excludes halogenated alkanes) is 18. The van der Waals surface area contributed by atoms with Crippen molar-refractivity contribution in [3.8, 4) is 0 Å². The molecule has 3 aromatic rings. The first-order chi connectivity index (χ1) is 37.6. The smallest absolute Gasteiger partial charge is 0.337 e. The largest absolute Gasteiger partial charge is 0.573 e. The first-order valence-corrected chi connectivity index (χ1v) is 32.8. The maximum Gasteiger partial charge on any atom is 0.573 e. The third-order valence-corrected chi connectivity index (χ3v) is 18.0. The standard InChI is InChI=1S/C66H103N3O7P/c1-4-7-28-55-37-43-58(44-38-55)31-22-16-10-13-19-25-34-64(70)67-49-61(50-67)74-77(73,75-62-51-68(52-62)65(71)35-26-20-14-11-17-23-32-59-45-39-56(40-46-59)29-8-5-2)76-63-53-69(54-63)66(72)36-27-21-15-12-18-24-33-60-47-41-57(42-48-60)30-9-6-3/h37-48,61-63,73H,4-36,49-54H2,1-3H3/q+1. The van der Waals surface area contributed by atoms with Crippen LogP contribution in [0.15, 0.2) is 72.8 Å². The number of carbonyl (C=O) groups is 3. The Morgan fingerprint density at radius 1 is 0.351 bits per heavy atom. The molecule has 6 rings (SSSR count). The Kier molecular flexibility index (Phi) is 29.1. The molecule has 0 radical (unpaired) electrons. The number of rotatable bonds is 42. The molecule has 0 saturated carbocycles. The number of hydrogen-bond acceptors (Lipinski definition) is 7. The summed E-state index contributed by atoms with van der Waals surface area (Å²) in [6.45, 7) is 9.04. The second kappa shape index (κ2) is 35.8. The van der Waals surface area contributed by atoms with Gasteiger partial charge in [-0.3, -0.25) is 14.4 Å². The average molecular weight is 1080 g/mol. The van der Waals surface area contributed by atoms with Gasteiger partial charge in [-0.05, 0) is 130 Å². The van der Waals surface area contributed by atoms with E-state index < -0.39 is 26.5 Å². The van der Waals surface area contributed by atoms with E-state index in [2.05, 4.69) is 93.6 Å². The lowest BCUT2D eigenvalue weighted by Gasteiger charge is -2.42. The van der Waals surface area contributed by atoms with Crippen molar-refractivity contribution in [3.05, 3.63) is 106 Å². The van der Waals surface area contributed by atoms with Crippen LogP contribution in [0, 0.1) is 0 Å². The molecule has 428 valence electrons. The van der Waals surface area contributed by atoms with Crippen molar-refractivity contribution >= 4 is 25.9 Å². The lowest BCUT2D eigenvalue weighted by molar-refractivity contribution is -0.149. The van der Waals surface area contributed by atoms with Crippen molar-refractivity contribution in [3.63, 3.8) is 0 Å². The monoisotopic (exact) mass is 1080 g/mol. The third kappa shape index (κ3) is 23.9. The summed E-state index contributed by atoms with van der Waals surface area (Å²) in [4.78, 5) is 56.7. The molecule has 11 heteroatoms. The van der Waals surface area contributed by atoms with Gasteiger partial charge in [0.25, 0.3) is 0 Å². The molecular formula is C66H103N3O7P+. The zero-order chi connectivity index (χ0) is 54.3. The fraction of sp³-hybridized carbons (Fsp3) is 0.682. The van der Waals surface area contributed by atoms with Gasteiger partial charge in [-0.15, -0.1) is 13.6 Å². The molecular weight excluding hydrogens is 978 g/mol. The topological polar surface area (TPSA) is 109 Å². The lowest BCUT2D eigenvalue weighted by Crippen LogP contribution is -2.58. The molecule has 3 aromatic carbocycles. The molecule has 10 nitrogen and oxygen atoms in total. The van der Waals surface area contributed by atoms with E-state index in [-0.39, 0.29) is 17.7 Å². The summed E-state index contributed by atoms with van der Waals surface area (Å²) in [7, 11) is -3.82. The minimum Gasteiger partial charge on any atom is -0.337 e. The van der Waals surface area contributed by atoms with E-state index in [1.165, 1.54) is 149 Å². The summed E-state index contributed by atoms with van der Waals surface area (Å²) in [5.74, 6) is 0.362. The van der Waals surface area contributed by atoms with E-state index >= 15 is 0 Å². The van der Waals surface area contributed by atoms with Gasteiger partial charge in [0.2, 0.25) is 17.7 Å². The molecule has 0 bridgehead atoms. The molecule has 0 spiro atoms. The van der Waals surface area contributed by atoms with Gasteiger partial charge in [-0.25, -0.2) is 0 Å². The normalized spacial score (nSPS) is 15.2. The Morgan fingerprint density at radius 2 is 0.545 bits per heavy atom. The highest BCUT2D eigenvalue weighted by Gasteiger charge is 2.57. The van der Waals surface area contributed by atoms with Crippen LogP contribution in [0.5, 0.6) is 0 Å². The van der Waals surface area contributed by atoms with E-state index in [0.29, 0.717) is 58.5 Å². The Labute approximate surface area is 467 Å². The molecule has 0 aliphatic carbocycles. The van der Waals surface area contributed by atoms with E-state index in [9.17, 15) is 19.3 Å². The maximum absolute atomic E-state index is 13.1. The van der Waals surface area contributed by atoms with Crippen molar-refractivity contribution in [1.29, 1.82) is 0 Å². The fourth-order valence-electron chi connectivity index (χ4n) is 10.9. The summed E-state index contributed by atoms with van der Waals surface area (Å²) in [5.41, 5.74) is 8.60. The predicted molar refractivity (Wildman–Crippen MR) is 317 cm³/mol. The second-order valence-electron chi connectivity index (χ2n) is 23.2. The number of nitrogens with zero attached hydrogens (tertiary/aromatic N) is 3.